The van der Waals surface area contributed by atoms with Gasteiger partial charge in [0.2, 0.25) is 0 Å². The minimum Gasteiger partial charge on any atom is -0.497 e. The molecule has 29 heavy (non-hydrogen) atoms. The van der Waals surface area contributed by atoms with Gasteiger partial charge in [-0.25, -0.2) is 0 Å². The summed E-state index contributed by atoms with van der Waals surface area (Å²) in [6.45, 7) is 3.12. The Hall–Kier alpha value is -3.28. The molecule has 152 valence electrons. The van der Waals surface area contributed by atoms with Crippen molar-refractivity contribution in [3.8, 4) is 11.5 Å². The highest BCUT2D eigenvalue weighted by molar-refractivity contribution is 5.95. The van der Waals surface area contributed by atoms with Crippen LogP contribution in [0.15, 0.2) is 54.7 Å². The van der Waals surface area contributed by atoms with Crippen LogP contribution in [0.4, 0.5) is 0 Å². The van der Waals surface area contributed by atoms with Crippen LogP contribution in [0, 0.1) is 0 Å². The lowest BCUT2D eigenvalue weighted by molar-refractivity contribution is 0.0783. The Kier molecular flexibility index (Phi) is 6.54. The molecular formula is C23H27N3O3. The molecule has 0 unspecified atom stereocenters. The Labute approximate surface area is 171 Å². The van der Waals surface area contributed by atoms with Gasteiger partial charge in [-0.1, -0.05) is 37.3 Å². The zero-order chi connectivity index (χ0) is 20.8. The van der Waals surface area contributed by atoms with Crippen LogP contribution >= 0.6 is 0 Å². The molecule has 0 aliphatic carbocycles. The Morgan fingerprint density at radius 3 is 2.52 bits per heavy atom. The zero-order valence-electron chi connectivity index (χ0n) is 17.4. The largest absolute Gasteiger partial charge is 0.497 e. The van der Waals surface area contributed by atoms with Crippen LogP contribution in [0.2, 0.25) is 0 Å². The molecule has 0 aliphatic heterocycles. The summed E-state index contributed by atoms with van der Waals surface area (Å²) in [4.78, 5) is 14.8. The molecule has 0 bridgehead atoms. The van der Waals surface area contributed by atoms with Crippen LogP contribution < -0.4 is 9.47 Å². The number of nitrogens with zero attached hydrogens (tertiary/aromatic N) is 3. The maximum atomic E-state index is 13.1. The number of ether oxygens (including phenoxy) is 2. The molecule has 0 saturated heterocycles. The van der Waals surface area contributed by atoms with Gasteiger partial charge >= 0.3 is 0 Å². The Bertz CT molecular complexity index is 967. The number of carbonyl (C=O) groups is 1. The maximum Gasteiger partial charge on any atom is 0.257 e. The molecule has 0 aliphatic rings. The van der Waals surface area contributed by atoms with E-state index in [-0.39, 0.29) is 5.91 Å². The number of hydrogen-bond acceptors (Lipinski definition) is 4. The van der Waals surface area contributed by atoms with Crippen molar-refractivity contribution in [1.29, 1.82) is 0 Å². The average Bonchev–Trinajstić information content (AvgIpc) is 3.16. The van der Waals surface area contributed by atoms with Crippen molar-refractivity contribution in [2.75, 3.05) is 21.3 Å². The molecule has 3 rings (SSSR count). The van der Waals surface area contributed by atoms with Gasteiger partial charge < -0.3 is 14.4 Å². The highest BCUT2D eigenvalue weighted by atomic mass is 16.5. The average molecular weight is 393 g/mol. The van der Waals surface area contributed by atoms with E-state index in [0.29, 0.717) is 24.4 Å². The van der Waals surface area contributed by atoms with Crippen LogP contribution in [0.25, 0.3) is 0 Å². The quantitative estimate of drug-likeness (QED) is 0.584. The third-order valence-electron chi connectivity index (χ3n) is 4.94. The van der Waals surface area contributed by atoms with Crippen molar-refractivity contribution < 1.29 is 14.3 Å². The first kappa shape index (κ1) is 20.5. The van der Waals surface area contributed by atoms with Crippen LogP contribution in [0.5, 0.6) is 11.5 Å². The van der Waals surface area contributed by atoms with Gasteiger partial charge in [0.1, 0.15) is 11.5 Å². The smallest absolute Gasteiger partial charge is 0.257 e. The van der Waals surface area contributed by atoms with Crippen LogP contribution in [0.1, 0.15) is 34.1 Å². The van der Waals surface area contributed by atoms with Crippen molar-refractivity contribution in [1.82, 2.24) is 14.7 Å². The van der Waals surface area contributed by atoms with E-state index in [4.69, 9.17) is 9.47 Å². The normalized spacial score (nSPS) is 10.6. The van der Waals surface area contributed by atoms with E-state index in [1.165, 1.54) is 0 Å². The van der Waals surface area contributed by atoms with Crippen LogP contribution in [-0.4, -0.2) is 41.9 Å². The molecule has 6 nitrogen and oxygen atoms in total. The van der Waals surface area contributed by atoms with Gasteiger partial charge in [-0.3, -0.25) is 9.48 Å². The third kappa shape index (κ3) is 4.59. The molecule has 6 heteroatoms. The number of rotatable bonds is 8. The number of amides is 1. The molecular weight excluding hydrogens is 366 g/mol. The third-order valence-corrected chi connectivity index (χ3v) is 4.94. The number of benzene rings is 2. The van der Waals surface area contributed by atoms with E-state index in [0.717, 1.165) is 29.0 Å². The second-order valence-corrected chi connectivity index (χ2v) is 6.84. The highest BCUT2D eigenvalue weighted by Gasteiger charge is 2.21. The highest BCUT2D eigenvalue weighted by Crippen LogP contribution is 2.26. The van der Waals surface area contributed by atoms with Gasteiger partial charge in [0.05, 0.1) is 38.2 Å². The summed E-state index contributed by atoms with van der Waals surface area (Å²) in [5.74, 6) is 1.36. The first-order valence-electron chi connectivity index (χ1n) is 9.62. The molecule has 0 fully saturated rings. The lowest BCUT2D eigenvalue weighted by Gasteiger charge is -2.19. The van der Waals surface area contributed by atoms with Gasteiger partial charge in [-0.2, -0.15) is 5.10 Å². The molecule has 0 radical (unpaired) electrons. The van der Waals surface area contributed by atoms with Gasteiger partial charge in [-0.15, -0.1) is 0 Å². The van der Waals surface area contributed by atoms with Crippen molar-refractivity contribution in [2.45, 2.75) is 26.4 Å². The topological polar surface area (TPSA) is 56.6 Å². The van der Waals surface area contributed by atoms with E-state index < -0.39 is 0 Å². The summed E-state index contributed by atoms with van der Waals surface area (Å²) in [6.07, 6.45) is 2.40. The summed E-state index contributed by atoms with van der Waals surface area (Å²) in [6, 6.07) is 15.7. The number of carbonyl (C=O) groups excluding carboxylic acids is 1. The standard InChI is InChI=1S/C23H27N3O3/c1-5-21-20(14-24-26(21)15-17-9-7-6-8-10-17)23(27)25(2)16-18-11-12-19(28-3)13-22(18)29-4/h6-14H,5,15-16H2,1-4H3. The fourth-order valence-electron chi connectivity index (χ4n) is 3.37. The Morgan fingerprint density at radius 1 is 1.10 bits per heavy atom. The lowest BCUT2D eigenvalue weighted by atomic mass is 10.1. The van der Waals surface area contributed by atoms with Crippen LogP contribution in [0.3, 0.4) is 0 Å². The van der Waals surface area contributed by atoms with Crippen molar-refractivity contribution in [2.24, 2.45) is 0 Å². The van der Waals surface area contributed by atoms with Crippen molar-refractivity contribution >= 4 is 5.91 Å². The first-order valence-corrected chi connectivity index (χ1v) is 9.62. The van der Waals surface area contributed by atoms with Gasteiger partial charge in [0, 0.05) is 25.2 Å². The number of aromatic nitrogens is 2. The summed E-state index contributed by atoms with van der Waals surface area (Å²) >= 11 is 0. The molecule has 2 aromatic carbocycles. The minimum absolute atomic E-state index is 0.0565. The second-order valence-electron chi connectivity index (χ2n) is 6.84. The predicted molar refractivity (Wildman–Crippen MR) is 112 cm³/mol. The fourth-order valence-corrected chi connectivity index (χ4v) is 3.37. The maximum absolute atomic E-state index is 13.1. The van der Waals surface area contributed by atoms with Gasteiger partial charge in [0.25, 0.3) is 5.91 Å². The first-order chi connectivity index (χ1) is 14.1. The summed E-state index contributed by atoms with van der Waals surface area (Å²) < 4.78 is 12.6. The molecule has 3 aromatic rings. The monoisotopic (exact) mass is 393 g/mol. The number of methoxy groups -OCH3 is 2. The summed E-state index contributed by atoms with van der Waals surface area (Å²) in [5, 5.41) is 4.48. The number of hydrogen-bond donors (Lipinski definition) is 0. The SMILES string of the molecule is CCc1c(C(=O)N(C)Cc2ccc(OC)cc2OC)cnn1Cc1ccccc1. The molecule has 0 spiro atoms. The van der Waals surface area contributed by atoms with E-state index in [1.54, 1.807) is 32.4 Å². The zero-order valence-corrected chi connectivity index (χ0v) is 17.4. The van der Waals surface area contributed by atoms with E-state index >= 15 is 0 Å². The van der Waals surface area contributed by atoms with Gasteiger partial charge in [0.15, 0.2) is 0 Å². The molecule has 1 aromatic heterocycles. The van der Waals surface area contributed by atoms with E-state index in [2.05, 4.69) is 17.2 Å². The fraction of sp³-hybridized carbons (Fsp3) is 0.304. The molecule has 1 heterocycles. The molecule has 0 N–H and O–H groups in total. The van der Waals surface area contributed by atoms with Gasteiger partial charge in [-0.05, 0) is 24.1 Å². The summed E-state index contributed by atoms with van der Waals surface area (Å²) in [5.41, 5.74) is 3.64. The van der Waals surface area contributed by atoms with E-state index in [9.17, 15) is 4.79 Å². The van der Waals surface area contributed by atoms with E-state index in [1.807, 2.05) is 48.0 Å². The van der Waals surface area contributed by atoms with Crippen molar-refractivity contribution in [3.63, 3.8) is 0 Å². The molecule has 1 amide bonds. The Balaban J connectivity index is 1.79. The second kappa shape index (κ2) is 9.28. The van der Waals surface area contributed by atoms with Crippen molar-refractivity contribution in [3.05, 3.63) is 77.1 Å². The lowest BCUT2D eigenvalue weighted by Crippen LogP contribution is -2.27. The minimum atomic E-state index is -0.0565. The molecule has 0 saturated carbocycles. The van der Waals surface area contributed by atoms with Crippen LogP contribution in [-0.2, 0) is 19.5 Å². The molecule has 0 atom stereocenters. The Morgan fingerprint density at radius 2 is 1.86 bits per heavy atom. The summed E-state index contributed by atoms with van der Waals surface area (Å²) in [7, 11) is 5.02. The predicted octanol–water partition coefficient (Wildman–Crippen LogP) is 3.78.